The summed E-state index contributed by atoms with van der Waals surface area (Å²) in [5.74, 6) is 1.35. The van der Waals surface area contributed by atoms with E-state index in [9.17, 15) is 9.59 Å². The van der Waals surface area contributed by atoms with E-state index in [4.69, 9.17) is 11.2 Å². The van der Waals surface area contributed by atoms with E-state index in [-0.39, 0.29) is 23.5 Å². The van der Waals surface area contributed by atoms with Crippen molar-refractivity contribution in [2.75, 3.05) is 20.8 Å². The fraction of sp³-hybridized carbons (Fsp3) is 0.231. The van der Waals surface area contributed by atoms with Crippen molar-refractivity contribution < 1.29 is 23.8 Å². The summed E-state index contributed by atoms with van der Waals surface area (Å²) in [6.07, 6.45) is 5.08. The Morgan fingerprint density at radius 1 is 1.22 bits per heavy atom. The Kier molecular flexibility index (Phi) is 4.76. The number of terminal acetylenes is 1. The van der Waals surface area contributed by atoms with E-state index in [0.717, 1.165) is 0 Å². The lowest BCUT2D eigenvalue weighted by Crippen LogP contribution is -2.08. The smallest absolute Gasteiger partial charge is 0.341 e. The molecule has 5 nitrogen and oxygen atoms in total. The Labute approximate surface area is 105 Å². The van der Waals surface area contributed by atoms with Crippen molar-refractivity contribution in [1.82, 2.24) is 0 Å². The number of ether oxygens (including phenoxy) is 3. The number of esters is 2. The van der Waals surface area contributed by atoms with Crippen LogP contribution >= 0.6 is 0 Å². The summed E-state index contributed by atoms with van der Waals surface area (Å²) in [6, 6.07) is 4.25. The molecular formula is C13H12O5. The first-order valence-corrected chi connectivity index (χ1v) is 5.01. The standard InChI is InChI=1S/C13H12O5/c1-4-7-18-11-8-9(12(14)16-2)5-6-10(11)13(15)17-3/h1,5-6,8H,7H2,2-3H3. The fourth-order valence-corrected chi connectivity index (χ4v) is 1.28. The van der Waals surface area contributed by atoms with E-state index in [1.807, 2.05) is 0 Å². The van der Waals surface area contributed by atoms with Crippen molar-refractivity contribution in [3.8, 4) is 18.1 Å². The number of carbonyl (C=O) groups excluding carboxylic acids is 2. The molecule has 0 fully saturated rings. The topological polar surface area (TPSA) is 61.8 Å². The van der Waals surface area contributed by atoms with Gasteiger partial charge in [-0.25, -0.2) is 9.59 Å². The number of carbonyl (C=O) groups is 2. The highest BCUT2D eigenvalue weighted by molar-refractivity contribution is 5.96. The van der Waals surface area contributed by atoms with E-state index < -0.39 is 11.9 Å². The van der Waals surface area contributed by atoms with Crippen LogP contribution in [0.3, 0.4) is 0 Å². The van der Waals surface area contributed by atoms with Crippen LogP contribution in [0.5, 0.6) is 5.75 Å². The van der Waals surface area contributed by atoms with Gasteiger partial charge in [-0.15, -0.1) is 6.42 Å². The lowest BCUT2D eigenvalue weighted by Gasteiger charge is -2.09. The molecular weight excluding hydrogens is 236 g/mol. The summed E-state index contributed by atoms with van der Waals surface area (Å²) < 4.78 is 14.4. The predicted molar refractivity (Wildman–Crippen MR) is 63.4 cm³/mol. The first-order chi connectivity index (χ1) is 8.63. The zero-order valence-electron chi connectivity index (χ0n) is 10.1. The van der Waals surface area contributed by atoms with E-state index in [2.05, 4.69) is 15.4 Å². The van der Waals surface area contributed by atoms with E-state index in [1.165, 1.54) is 32.4 Å². The second-order valence-electron chi connectivity index (χ2n) is 3.19. The van der Waals surface area contributed by atoms with Crippen LogP contribution in [-0.2, 0) is 9.47 Å². The van der Waals surface area contributed by atoms with E-state index >= 15 is 0 Å². The summed E-state index contributed by atoms with van der Waals surface area (Å²) in [5.41, 5.74) is 0.456. The van der Waals surface area contributed by atoms with E-state index in [0.29, 0.717) is 0 Å². The zero-order valence-corrected chi connectivity index (χ0v) is 10.1. The molecule has 0 aliphatic heterocycles. The molecule has 1 aromatic carbocycles. The average molecular weight is 248 g/mol. The highest BCUT2D eigenvalue weighted by Gasteiger charge is 2.16. The molecule has 0 aliphatic carbocycles. The van der Waals surface area contributed by atoms with Crippen LogP contribution in [0, 0.1) is 12.3 Å². The van der Waals surface area contributed by atoms with Gasteiger partial charge in [0.15, 0.2) is 0 Å². The van der Waals surface area contributed by atoms with Crippen molar-refractivity contribution in [2.24, 2.45) is 0 Å². The second kappa shape index (κ2) is 6.30. The summed E-state index contributed by atoms with van der Waals surface area (Å²) in [6.45, 7) is -0.0192. The van der Waals surface area contributed by atoms with Gasteiger partial charge in [0, 0.05) is 0 Å². The van der Waals surface area contributed by atoms with Crippen LogP contribution in [0.4, 0.5) is 0 Å². The molecule has 0 unspecified atom stereocenters. The molecule has 0 heterocycles. The maximum atomic E-state index is 11.5. The molecule has 0 amide bonds. The summed E-state index contributed by atoms with van der Waals surface area (Å²) in [4.78, 5) is 22.8. The van der Waals surface area contributed by atoms with Gasteiger partial charge in [-0.2, -0.15) is 0 Å². The molecule has 1 rings (SSSR count). The highest BCUT2D eigenvalue weighted by atomic mass is 16.5. The molecule has 1 aromatic rings. The minimum absolute atomic E-state index is 0.0192. The van der Waals surface area contributed by atoms with Crippen molar-refractivity contribution in [1.29, 1.82) is 0 Å². The van der Waals surface area contributed by atoms with Crippen molar-refractivity contribution in [2.45, 2.75) is 0 Å². The Bertz CT molecular complexity index is 499. The maximum Gasteiger partial charge on any atom is 0.341 e. The molecule has 0 saturated heterocycles. The molecule has 94 valence electrons. The fourth-order valence-electron chi connectivity index (χ4n) is 1.28. The normalized spacial score (nSPS) is 9.17. The van der Waals surface area contributed by atoms with Gasteiger partial charge in [0.1, 0.15) is 17.9 Å². The van der Waals surface area contributed by atoms with Gasteiger partial charge in [-0.1, -0.05) is 5.92 Å². The third-order valence-corrected chi connectivity index (χ3v) is 2.12. The van der Waals surface area contributed by atoms with Crippen molar-refractivity contribution in [3.63, 3.8) is 0 Å². The molecule has 0 bridgehead atoms. The van der Waals surface area contributed by atoms with Gasteiger partial charge >= 0.3 is 11.9 Å². The van der Waals surface area contributed by atoms with Gasteiger partial charge < -0.3 is 14.2 Å². The zero-order chi connectivity index (χ0) is 13.5. The molecule has 0 spiro atoms. The minimum atomic E-state index is -0.571. The summed E-state index contributed by atoms with van der Waals surface area (Å²) in [5, 5.41) is 0. The number of rotatable bonds is 4. The number of methoxy groups -OCH3 is 2. The predicted octanol–water partition coefficient (Wildman–Crippen LogP) is 1.27. The van der Waals surface area contributed by atoms with E-state index in [1.54, 1.807) is 0 Å². The summed E-state index contributed by atoms with van der Waals surface area (Å²) in [7, 11) is 2.51. The lowest BCUT2D eigenvalue weighted by atomic mass is 10.1. The number of hydrogen-bond donors (Lipinski definition) is 0. The van der Waals surface area contributed by atoms with Crippen LogP contribution in [-0.4, -0.2) is 32.8 Å². The first kappa shape index (κ1) is 13.6. The largest absolute Gasteiger partial charge is 0.480 e. The van der Waals surface area contributed by atoms with Gasteiger partial charge in [0.25, 0.3) is 0 Å². The Balaban J connectivity index is 3.16. The molecule has 0 aliphatic rings. The van der Waals surface area contributed by atoms with Crippen molar-refractivity contribution in [3.05, 3.63) is 29.3 Å². The van der Waals surface area contributed by atoms with Crippen LogP contribution < -0.4 is 4.74 Å². The highest BCUT2D eigenvalue weighted by Crippen LogP contribution is 2.22. The maximum absolute atomic E-state index is 11.5. The molecule has 0 aromatic heterocycles. The van der Waals surface area contributed by atoms with Gasteiger partial charge in [-0.05, 0) is 18.2 Å². The van der Waals surface area contributed by atoms with Crippen LogP contribution in [0.1, 0.15) is 20.7 Å². The second-order valence-corrected chi connectivity index (χ2v) is 3.19. The minimum Gasteiger partial charge on any atom is -0.480 e. The first-order valence-electron chi connectivity index (χ1n) is 5.01. The molecule has 0 radical (unpaired) electrons. The van der Waals surface area contributed by atoms with Crippen LogP contribution in [0.25, 0.3) is 0 Å². The molecule has 18 heavy (non-hydrogen) atoms. The van der Waals surface area contributed by atoms with Crippen molar-refractivity contribution >= 4 is 11.9 Å². The quantitative estimate of drug-likeness (QED) is 0.593. The Morgan fingerprint density at radius 3 is 2.44 bits per heavy atom. The molecule has 5 heteroatoms. The van der Waals surface area contributed by atoms with Gasteiger partial charge in [0.05, 0.1) is 19.8 Å². The van der Waals surface area contributed by atoms with Gasteiger partial charge in [-0.3, -0.25) is 0 Å². The Hall–Kier alpha value is -2.48. The molecule has 0 N–H and O–H groups in total. The number of benzene rings is 1. The monoisotopic (exact) mass is 248 g/mol. The SMILES string of the molecule is C#CCOc1cc(C(=O)OC)ccc1C(=O)OC. The Morgan fingerprint density at radius 2 is 1.89 bits per heavy atom. The van der Waals surface area contributed by atoms with Crippen LogP contribution in [0.15, 0.2) is 18.2 Å². The average Bonchev–Trinajstić information content (AvgIpc) is 2.42. The third kappa shape index (κ3) is 3.01. The third-order valence-electron chi connectivity index (χ3n) is 2.12. The van der Waals surface area contributed by atoms with Crippen LogP contribution in [0.2, 0.25) is 0 Å². The summed E-state index contributed by atoms with van der Waals surface area (Å²) >= 11 is 0. The molecule has 0 saturated carbocycles. The molecule has 0 atom stereocenters. The lowest BCUT2D eigenvalue weighted by molar-refractivity contribution is 0.0583. The van der Waals surface area contributed by atoms with Gasteiger partial charge in [0.2, 0.25) is 0 Å². The number of hydrogen-bond acceptors (Lipinski definition) is 5.